The van der Waals surface area contributed by atoms with Crippen LogP contribution in [-0.2, 0) is 4.79 Å². The first-order chi connectivity index (χ1) is 15.1. The van der Waals surface area contributed by atoms with Gasteiger partial charge in [-0.05, 0) is 36.8 Å². The molecule has 1 aliphatic heterocycles. The highest BCUT2D eigenvalue weighted by Crippen LogP contribution is 2.24. The topological polar surface area (TPSA) is 61.4 Å². The van der Waals surface area contributed by atoms with Crippen molar-refractivity contribution in [3.05, 3.63) is 71.5 Å². The number of hydrogen-bond acceptors (Lipinski definition) is 6. The van der Waals surface area contributed by atoms with Crippen LogP contribution >= 0.6 is 23.4 Å². The van der Waals surface area contributed by atoms with E-state index < -0.39 is 0 Å². The minimum atomic E-state index is -0.0958. The largest absolute Gasteiger partial charge is 0.368 e. The highest BCUT2D eigenvalue weighted by atomic mass is 35.5. The van der Waals surface area contributed by atoms with E-state index in [1.54, 1.807) is 12.4 Å². The number of amides is 1. The summed E-state index contributed by atoms with van der Waals surface area (Å²) < 4.78 is 0. The number of benzene rings is 2. The molecular weight excluding hydrogens is 430 g/mol. The van der Waals surface area contributed by atoms with E-state index in [2.05, 4.69) is 49.4 Å². The van der Waals surface area contributed by atoms with E-state index in [1.165, 1.54) is 17.4 Å². The molecule has 31 heavy (non-hydrogen) atoms. The highest BCUT2D eigenvalue weighted by Gasteiger charge is 2.19. The number of anilines is 3. The molecule has 0 atom stereocenters. The molecule has 0 spiro atoms. The molecule has 0 saturated carbocycles. The van der Waals surface area contributed by atoms with Crippen molar-refractivity contribution in [2.45, 2.75) is 11.9 Å². The van der Waals surface area contributed by atoms with Crippen LogP contribution in [0.1, 0.15) is 5.56 Å². The average Bonchev–Trinajstić information content (AvgIpc) is 2.81. The van der Waals surface area contributed by atoms with E-state index in [-0.39, 0.29) is 11.7 Å². The van der Waals surface area contributed by atoms with E-state index in [0.717, 1.165) is 42.6 Å². The second-order valence-electron chi connectivity index (χ2n) is 7.32. The van der Waals surface area contributed by atoms with Crippen LogP contribution in [0.4, 0.5) is 17.2 Å². The third-order valence-corrected chi connectivity index (χ3v) is 6.49. The lowest BCUT2D eigenvalue weighted by Crippen LogP contribution is -2.46. The zero-order chi connectivity index (χ0) is 21.6. The standard InChI is InChI=1S/C23H24ClN5OS/c1-17-7-8-18(13-20(17)24)27-22(30)15-31-23-14-21(25-16-26-23)29-11-9-28(10-12-29)19-5-3-2-4-6-19/h2-8,13-14,16H,9-12,15H2,1H3,(H,27,30). The number of aromatic nitrogens is 2. The summed E-state index contributed by atoms with van der Waals surface area (Å²) in [6.07, 6.45) is 1.57. The van der Waals surface area contributed by atoms with Crippen LogP contribution in [0.25, 0.3) is 0 Å². The summed E-state index contributed by atoms with van der Waals surface area (Å²) in [6.45, 7) is 5.60. The Bertz CT molecular complexity index is 1040. The molecule has 4 rings (SSSR count). The highest BCUT2D eigenvalue weighted by molar-refractivity contribution is 7.99. The molecule has 2 aromatic carbocycles. The van der Waals surface area contributed by atoms with Crippen LogP contribution in [0.15, 0.2) is 66.0 Å². The molecule has 6 nitrogen and oxygen atoms in total. The number of carbonyl (C=O) groups is 1. The normalized spacial score (nSPS) is 13.9. The Kier molecular flexibility index (Phi) is 6.94. The minimum absolute atomic E-state index is 0.0958. The van der Waals surface area contributed by atoms with E-state index in [4.69, 9.17) is 11.6 Å². The van der Waals surface area contributed by atoms with Crippen LogP contribution in [0, 0.1) is 6.92 Å². The van der Waals surface area contributed by atoms with Crippen LogP contribution in [0.5, 0.6) is 0 Å². The Morgan fingerprint density at radius 1 is 1.03 bits per heavy atom. The molecule has 1 N–H and O–H groups in total. The van der Waals surface area contributed by atoms with E-state index in [1.807, 2.05) is 31.2 Å². The van der Waals surface area contributed by atoms with Gasteiger partial charge in [-0.2, -0.15) is 0 Å². The molecule has 1 amide bonds. The van der Waals surface area contributed by atoms with Gasteiger partial charge in [0.15, 0.2) is 0 Å². The van der Waals surface area contributed by atoms with Gasteiger partial charge in [0.25, 0.3) is 0 Å². The molecule has 8 heteroatoms. The molecule has 1 aromatic heterocycles. The number of thioether (sulfide) groups is 1. The maximum atomic E-state index is 12.3. The van der Waals surface area contributed by atoms with Gasteiger partial charge in [-0.1, -0.05) is 47.6 Å². The first-order valence-electron chi connectivity index (χ1n) is 10.1. The molecule has 0 bridgehead atoms. The fraction of sp³-hybridized carbons (Fsp3) is 0.261. The second-order valence-corrected chi connectivity index (χ2v) is 8.73. The van der Waals surface area contributed by atoms with Gasteiger partial charge in [0, 0.05) is 48.6 Å². The third kappa shape index (κ3) is 5.68. The molecule has 3 aromatic rings. The van der Waals surface area contributed by atoms with Gasteiger partial charge in [0.05, 0.1) is 5.75 Å². The van der Waals surface area contributed by atoms with Crippen molar-refractivity contribution >= 4 is 46.5 Å². The first-order valence-corrected chi connectivity index (χ1v) is 11.5. The Hall–Kier alpha value is -2.77. The number of piperazine rings is 1. The fourth-order valence-electron chi connectivity index (χ4n) is 3.42. The molecule has 1 saturated heterocycles. The summed E-state index contributed by atoms with van der Waals surface area (Å²) >= 11 is 7.52. The van der Waals surface area contributed by atoms with Gasteiger partial charge >= 0.3 is 0 Å². The first kappa shape index (κ1) is 21.5. The zero-order valence-electron chi connectivity index (χ0n) is 17.3. The Morgan fingerprint density at radius 3 is 2.52 bits per heavy atom. The quantitative estimate of drug-likeness (QED) is 0.438. The van der Waals surface area contributed by atoms with Gasteiger partial charge in [-0.15, -0.1) is 0 Å². The lowest BCUT2D eigenvalue weighted by atomic mass is 10.2. The molecule has 2 heterocycles. The Labute approximate surface area is 191 Å². The lowest BCUT2D eigenvalue weighted by Gasteiger charge is -2.36. The minimum Gasteiger partial charge on any atom is -0.368 e. The van der Waals surface area contributed by atoms with Crippen LogP contribution in [0.3, 0.4) is 0 Å². The average molecular weight is 454 g/mol. The summed E-state index contributed by atoms with van der Waals surface area (Å²) in [5.74, 6) is 1.07. The van der Waals surface area contributed by atoms with Crippen LogP contribution < -0.4 is 15.1 Å². The van der Waals surface area contributed by atoms with Crippen LogP contribution in [-0.4, -0.2) is 47.8 Å². The predicted molar refractivity (Wildman–Crippen MR) is 128 cm³/mol. The smallest absolute Gasteiger partial charge is 0.234 e. The summed E-state index contributed by atoms with van der Waals surface area (Å²) in [4.78, 5) is 25.7. The number of aryl methyl sites for hydroxylation is 1. The van der Waals surface area contributed by atoms with E-state index in [9.17, 15) is 4.79 Å². The summed E-state index contributed by atoms with van der Waals surface area (Å²) in [7, 11) is 0. The maximum absolute atomic E-state index is 12.3. The SMILES string of the molecule is Cc1ccc(NC(=O)CSc2cc(N3CCN(c4ccccc4)CC3)ncn2)cc1Cl. The Morgan fingerprint density at radius 2 is 1.77 bits per heavy atom. The summed E-state index contributed by atoms with van der Waals surface area (Å²) in [6, 6.07) is 17.9. The van der Waals surface area contributed by atoms with Gasteiger partial charge in [-0.25, -0.2) is 9.97 Å². The van der Waals surface area contributed by atoms with Crippen molar-refractivity contribution in [1.29, 1.82) is 0 Å². The predicted octanol–water partition coefficient (Wildman–Crippen LogP) is 4.50. The van der Waals surface area contributed by atoms with Crippen molar-refractivity contribution < 1.29 is 4.79 Å². The van der Waals surface area contributed by atoms with Crippen molar-refractivity contribution in [3.63, 3.8) is 0 Å². The molecule has 160 valence electrons. The van der Waals surface area contributed by atoms with E-state index >= 15 is 0 Å². The number of para-hydroxylation sites is 1. The zero-order valence-corrected chi connectivity index (χ0v) is 18.9. The molecule has 1 fully saturated rings. The van der Waals surface area contributed by atoms with Crippen molar-refractivity contribution in [2.24, 2.45) is 0 Å². The second kappa shape index (κ2) is 10.0. The number of nitrogens with one attached hydrogen (secondary N) is 1. The number of hydrogen-bond donors (Lipinski definition) is 1. The number of nitrogens with zero attached hydrogens (tertiary/aromatic N) is 4. The van der Waals surface area contributed by atoms with Crippen LogP contribution in [0.2, 0.25) is 5.02 Å². The van der Waals surface area contributed by atoms with Crippen molar-refractivity contribution in [1.82, 2.24) is 9.97 Å². The van der Waals surface area contributed by atoms with Crippen molar-refractivity contribution in [2.75, 3.05) is 47.0 Å². The fourth-order valence-corrected chi connectivity index (χ4v) is 4.26. The molecule has 0 radical (unpaired) electrons. The van der Waals surface area contributed by atoms with E-state index in [0.29, 0.717) is 10.7 Å². The lowest BCUT2D eigenvalue weighted by molar-refractivity contribution is -0.113. The van der Waals surface area contributed by atoms with Gasteiger partial charge in [0.1, 0.15) is 17.2 Å². The number of rotatable bonds is 6. The van der Waals surface area contributed by atoms with Gasteiger partial charge in [-0.3, -0.25) is 4.79 Å². The molecule has 0 unspecified atom stereocenters. The Balaban J connectivity index is 1.30. The third-order valence-electron chi connectivity index (χ3n) is 5.16. The maximum Gasteiger partial charge on any atom is 0.234 e. The number of halogens is 1. The van der Waals surface area contributed by atoms with Gasteiger partial charge in [0.2, 0.25) is 5.91 Å². The van der Waals surface area contributed by atoms with Gasteiger partial charge < -0.3 is 15.1 Å². The molecule has 1 aliphatic rings. The monoisotopic (exact) mass is 453 g/mol. The summed E-state index contributed by atoms with van der Waals surface area (Å²) in [5.41, 5.74) is 2.93. The molecular formula is C23H24ClN5OS. The summed E-state index contributed by atoms with van der Waals surface area (Å²) in [5, 5.41) is 4.30. The molecule has 0 aliphatic carbocycles. The van der Waals surface area contributed by atoms with Crippen molar-refractivity contribution in [3.8, 4) is 0 Å². The number of carbonyl (C=O) groups excluding carboxylic acids is 1.